The van der Waals surface area contributed by atoms with Crippen molar-refractivity contribution in [2.45, 2.75) is 26.1 Å². The van der Waals surface area contributed by atoms with E-state index in [2.05, 4.69) is 40.3 Å². The Morgan fingerprint density at radius 2 is 1.15 bits per heavy atom. The summed E-state index contributed by atoms with van der Waals surface area (Å²) in [7, 11) is 0. The summed E-state index contributed by atoms with van der Waals surface area (Å²) in [6, 6.07) is 26.7. The molecule has 0 unspecified atom stereocenters. The van der Waals surface area contributed by atoms with E-state index in [-0.39, 0.29) is 13.2 Å². The molecule has 6 rings (SSSR count). The van der Waals surface area contributed by atoms with Gasteiger partial charge in [-0.3, -0.25) is 4.98 Å². The van der Waals surface area contributed by atoms with Gasteiger partial charge in [-0.25, -0.2) is 0 Å². The van der Waals surface area contributed by atoms with E-state index in [4.69, 9.17) is 4.98 Å². The first-order chi connectivity index (χ1) is 16.7. The van der Waals surface area contributed by atoms with Crippen molar-refractivity contribution < 1.29 is 10.2 Å². The van der Waals surface area contributed by atoms with E-state index in [1.165, 1.54) is 0 Å². The zero-order valence-corrected chi connectivity index (χ0v) is 18.7. The van der Waals surface area contributed by atoms with E-state index in [1.807, 2.05) is 48.5 Å². The van der Waals surface area contributed by atoms with Crippen molar-refractivity contribution in [3.63, 3.8) is 0 Å². The average molecular weight is 448 g/mol. The number of aromatic nitrogens is 3. The highest BCUT2D eigenvalue weighted by Gasteiger charge is 2.16. The highest BCUT2D eigenvalue weighted by atomic mass is 16.3. The average Bonchev–Trinajstić information content (AvgIpc) is 3.42. The molecular formula is C29H25N3O2. The van der Waals surface area contributed by atoms with E-state index in [1.54, 1.807) is 0 Å². The number of aromatic amines is 2. The number of H-pyrrole nitrogens is 2. The second-order valence-corrected chi connectivity index (χ2v) is 8.71. The lowest BCUT2D eigenvalue weighted by atomic mass is 9.98. The van der Waals surface area contributed by atoms with Gasteiger partial charge >= 0.3 is 0 Å². The second kappa shape index (κ2) is 8.45. The number of rotatable bonds is 6. The molecule has 168 valence electrons. The zero-order valence-electron chi connectivity index (χ0n) is 18.7. The predicted octanol–water partition coefficient (Wildman–Crippen LogP) is 5.36. The van der Waals surface area contributed by atoms with Crippen molar-refractivity contribution in [1.29, 1.82) is 0 Å². The summed E-state index contributed by atoms with van der Waals surface area (Å²) in [6.45, 7) is -0.0868. The minimum atomic E-state index is -0.0448. The maximum absolute atomic E-state index is 10.0. The van der Waals surface area contributed by atoms with Crippen LogP contribution in [0.1, 0.15) is 33.9 Å². The van der Waals surface area contributed by atoms with Crippen LogP contribution in [-0.2, 0) is 26.1 Å². The minimum Gasteiger partial charge on any atom is -0.390 e. The van der Waals surface area contributed by atoms with Crippen molar-refractivity contribution in [2.24, 2.45) is 0 Å². The second-order valence-electron chi connectivity index (χ2n) is 8.71. The van der Waals surface area contributed by atoms with E-state index in [0.717, 1.165) is 66.5 Å². The summed E-state index contributed by atoms with van der Waals surface area (Å²) < 4.78 is 0. The van der Waals surface area contributed by atoms with Gasteiger partial charge in [-0.1, -0.05) is 60.7 Å². The number of fused-ring (bicyclic) bond motifs is 3. The van der Waals surface area contributed by atoms with Gasteiger partial charge in [-0.2, -0.15) is 0 Å². The molecule has 6 aromatic rings. The molecule has 3 aromatic carbocycles. The van der Waals surface area contributed by atoms with Crippen molar-refractivity contribution in [2.75, 3.05) is 0 Å². The minimum absolute atomic E-state index is 0.0420. The molecular weight excluding hydrogens is 422 g/mol. The summed E-state index contributed by atoms with van der Waals surface area (Å²) in [6.07, 6.45) is 1.24. The van der Waals surface area contributed by atoms with Crippen LogP contribution in [0.3, 0.4) is 0 Å². The standard InChI is InChI=1S/C29H25N3O2/c33-16-28-23(21-9-3-5-11-25(21)31-28)14-19-13-18-7-1-2-8-20(18)27(30-19)15-24-22-10-4-6-12-26(22)32-29(24)17-34/h1-13,31-34H,14-17H2. The summed E-state index contributed by atoms with van der Waals surface area (Å²) in [5.74, 6) is 0. The molecule has 0 radical (unpaired) electrons. The predicted molar refractivity (Wildman–Crippen MR) is 136 cm³/mol. The number of nitrogens with zero attached hydrogens (tertiary/aromatic N) is 1. The summed E-state index contributed by atoms with van der Waals surface area (Å²) >= 11 is 0. The normalized spacial score (nSPS) is 11.7. The van der Waals surface area contributed by atoms with Crippen molar-refractivity contribution in [1.82, 2.24) is 15.0 Å². The van der Waals surface area contributed by atoms with Gasteiger partial charge in [-0.15, -0.1) is 0 Å². The van der Waals surface area contributed by atoms with Crippen LogP contribution in [0, 0.1) is 0 Å². The van der Waals surface area contributed by atoms with Crippen LogP contribution >= 0.6 is 0 Å². The molecule has 0 spiro atoms. The highest BCUT2D eigenvalue weighted by molar-refractivity contribution is 5.89. The Bertz CT molecular complexity index is 1640. The molecule has 0 atom stereocenters. The molecule has 5 heteroatoms. The molecule has 0 aliphatic heterocycles. The van der Waals surface area contributed by atoms with Crippen LogP contribution in [0.15, 0.2) is 78.9 Å². The smallest absolute Gasteiger partial charge is 0.0834 e. The molecule has 0 aliphatic rings. The van der Waals surface area contributed by atoms with E-state index in [9.17, 15) is 10.2 Å². The van der Waals surface area contributed by atoms with Gasteiger partial charge in [0.25, 0.3) is 0 Å². The van der Waals surface area contributed by atoms with Crippen molar-refractivity contribution in [3.05, 3.63) is 113 Å². The number of hydrogen-bond acceptors (Lipinski definition) is 3. The molecule has 0 saturated heterocycles. The Kier molecular flexibility index (Phi) is 5.13. The number of pyridine rings is 1. The quantitative estimate of drug-likeness (QED) is 0.277. The molecule has 0 saturated carbocycles. The first-order valence-electron chi connectivity index (χ1n) is 11.5. The topological polar surface area (TPSA) is 84.9 Å². The van der Waals surface area contributed by atoms with Crippen LogP contribution in [0.5, 0.6) is 0 Å². The van der Waals surface area contributed by atoms with Crippen LogP contribution < -0.4 is 0 Å². The fourth-order valence-electron chi connectivity index (χ4n) is 5.09. The van der Waals surface area contributed by atoms with Gasteiger partial charge in [0.1, 0.15) is 0 Å². The monoisotopic (exact) mass is 447 g/mol. The molecule has 0 fully saturated rings. The van der Waals surface area contributed by atoms with Crippen LogP contribution in [-0.4, -0.2) is 25.2 Å². The van der Waals surface area contributed by atoms with Crippen LogP contribution in [0.4, 0.5) is 0 Å². The van der Waals surface area contributed by atoms with Gasteiger partial charge < -0.3 is 20.2 Å². The van der Waals surface area contributed by atoms with Crippen molar-refractivity contribution in [3.8, 4) is 0 Å². The van der Waals surface area contributed by atoms with Gasteiger partial charge in [-0.05, 0) is 34.7 Å². The molecule has 0 aliphatic carbocycles. The molecule has 3 aromatic heterocycles. The molecule has 3 heterocycles. The van der Waals surface area contributed by atoms with Gasteiger partial charge in [0.15, 0.2) is 0 Å². The number of aliphatic hydroxyl groups is 2. The maximum atomic E-state index is 10.0. The van der Waals surface area contributed by atoms with Crippen LogP contribution in [0.2, 0.25) is 0 Å². The summed E-state index contributed by atoms with van der Waals surface area (Å²) in [5.41, 5.74) is 7.80. The lowest BCUT2D eigenvalue weighted by Gasteiger charge is -2.11. The Labute approximate surface area is 196 Å². The SMILES string of the molecule is OCc1[nH]c2ccccc2c1Cc1cc2ccccc2c(Cc2c(CO)[nH]c3ccccc23)n1. The van der Waals surface area contributed by atoms with Crippen LogP contribution in [0.25, 0.3) is 32.6 Å². The fraction of sp³-hybridized carbons (Fsp3) is 0.138. The number of aliphatic hydroxyl groups excluding tert-OH is 2. The van der Waals surface area contributed by atoms with Gasteiger partial charge in [0.05, 0.1) is 18.9 Å². The molecule has 0 bridgehead atoms. The van der Waals surface area contributed by atoms with E-state index < -0.39 is 0 Å². The molecule has 5 nitrogen and oxygen atoms in total. The van der Waals surface area contributed by atoms with Crippen molar-refractivity contribution >= 4 is 32.6 Å². The Hall–Kier alpha value is -3.93. The lowest BCUT2D eigenvalue weighted by Crippen LogP contribution is -2.02. The highest BCUT2D eigenvalue weighted by Crippen LogP contribution is 2.30. The third-order valence-electron chi connectivity index (χ3n) is 6.69. The third-order valence-corrected chi connectivity index (χ3v) is 6.69. The number of para-hydroxylation sites is 2. The largest absolute Gasteiger partial charge is 0.390 e. The maximum Gasteiger partial charge on any atom is 0.0834 e. The number of benzene rings is 3. The van der Waals surface area contributed by atoms with Gasteiger partial charge in [0, 0.05) is 57.1 Å². The first kappa shape index (κ1) is 20.7. The van der Waals surface area contributed by atoms with E-state index >= 15 is 0 Å². The lowest BCUT2D eigenvalue weighted by molar-refractivity contribution is 0.276. The summed E-state index contributed by atoms with van der Waals surface area (Å²) in [5, 5.41) is 24.5. The van der Waals surface area contributed by atoms with Gasteiger partial charge in [0.2, 0.25) is 0 Å². The summed E-state index contributed by atoms with van der Waals surface area (Å²) in [4.78, 5) is 11.8. The van der Waals surface area contributed by atoms with E-state index in [0.29, 0.717) is 12.8 Å². The number of nitrogens with one attached hydrogen (secondary N) is 2. The molecule has 4 N–H and O–H groups in total. The Morgan fingerprint density at radius 3 is 1.76 bits per heavy atom. The Balaban J connectivity index is 1.49. The first-order valence-corrected chi connectivity index (χ1v) is 11.5. The zero-order chi connectivity index (χ0) is 23.1. The Morgan fingerprint density at radius 1 is 0.618 bits per heavy atom. The third kappa shape index (κ3) is 3.46. The fourth-order valence-corrected chi connectivity index (χ4v) is 5.09. The number of hydrogen-bond donors (Lipinski definition) is 4. The molecule has 34 heavy (non-hydrogen) atoms. The molecule has 0 amide bonds.